The Bertz CT molecular complexity index is 516. The van der Waals surface area contributed by atoms with Gasteiger partial charge in [-0.25, -0.2) is 0 Å². The predicted molar refractivity (Wildman–Crippen MR) is 65.8 cm³/mol. The molecule has 0 bridgehead atoms. The molecule has 2 aromatic carbocycles. The second-order valence-electron chi connectivity index (χ2n) is 3.57. The number of hydrogen-bond donors (Lipinski definition) is 1. The van der Waals surface area contributed by atoms with Gasteiger partial charge in [-0.1, -0.05) is 24.3 Å². The van der Waals surface area contributed by atoms with Crippen LogP contribution in [0.25, 0.3) is 0 Å². The molecule has 0 aromatic heterocycles. The van der Waals surface area contributed by atoms with E-state index in [0.29, 0.717) is 0 Å². The number of carbonyl (C=O) groups excluding carboxylic acids is 1. The van der Waals surface area contributed by atoms with Gasteiger partial charge < -0.3 is 4.72 Å². The van der Waals surface area contributed by atoms with Gasteiger partial charge in [-0.15, -0.1) is 0 Å². The number of carbonyl (C=O) groups is 1. The molecule has 0 aliphatic carbocycles. The lowest BCUT2D eigenvalue weighted by molar-refractivity contribution is 0.103. The van der Waals surface area contributed by atoms with E-state index in [1.54, 1.807) is 0 Å². The Labute approximate surface area is 97.8 Å². The minimum Gasteiger partial charge on any atom is -0.325 e. The number of nitrogens with one attached hydrogen (secondary N) is 1. The number of para-hydroxylation sites is 1. The predicted octanol–water partition coefficient (Wildman–Crippen LogP) is 3.35. The molecular formula is C13H9NOS. The minimum atomic E-state index is 0.0868. The van der Waals surface area contributed by atoms with Crippen molar-refractivity contribution in [3.8, 4) is 0 Å². The summed E-state index contributed by atoms with van der Waals surface area (Å²) in [7, 11) is 0. The van der Waals surface area contributed by atoms with Crippen molar-refractivity contribution in [1.29, 1.82) is 0 Å². The van der Waals surface area contributed by atoms with Crippen LogP contribution in [0.1, 0.15) is 15.9 Å². The molecule has 1 aliphatic rings. The highest BCUT2D eigenvalue weighted by Crippen LogP contribution is 2.32. The second kappa shape index (κ2) is 3.68. The van der Waals surface area contributed by atoms with Crippen molar-refractivity contribution in [2.75, 3.05) is 4.72 Å². The molecule has 3 heteroatoms. The summed E-state index contributed by atoms with van der Waals surface area (Å²) >= 11 is 1.49. The quantitative estimate of drug-likeness (QED) is 0.700. The number of fused-ring (bicyclic) bond motifs is 2. The van der Waals surface area contributed by atoms with Gasteiger partial charge in [0, 0.05) is 16.0 Å². The van der Waals surface area contributed by atoms with Gasteiger partial charge in [-0.2, -0.15) is 0 Å². The van der Waals surface area contributed by atoms with Crippen LogP contribution in [-0.2, 0) is 0 Å². The average molecular weight is 227 g/mol. The first-order valence-electron chi connectivity index (χ1n) is 5.02. The monoisotopic (exact) mass is 227 g/mol. The Morgan fingerprint density at radius 2 is 1.56 bits per heavy atom. The Kier molecular flexibility index (Phi) is 2.18. The second-order valence-corrected chi connectivity index (χ2v) is 4.42. The van der Waals surface area contributed by atoms with E-state index >= 15 is 0 Å². The summed E-state index contributed by atoms with van der Waals surface area (Å²) in [5.41, 5.74) is 2.39. The van der Waals surface area contributed by atoms with Crippen molar-refractivity contribution in [3.05, 3.63) is 59.7 Å². The Morgan fingerprint density at radius 1 is 0.875 bits per heavy atom. The summed E-state index contributed by atoms with van der Waals surface area (Å²) in [6.45, 7) is 0. The number of ketones is 1. The van der Waals surface area contributed by atoms with E-state index in [2.05, 4.69) is 4.72 Å². The number of hydrogen-bond acceptors (Lipinski definition) is 3. The molecule has 0 saturated heterocycles. The van der Waals surface area contributed by atoms with Crippen molar-refractivity contribution in [2.45, 2.75) is 4.90 Å². The van der Waals surface area contributed by atoms with E-state index in [1.165, 1.54) is 11.9 Å². The standard InChI is InChI=1S/C13H9NOS/c15-13-9-5-1-3-7-11(9)14-16-12-8-4-2-6-10(12)13/h1-8,14H. The first kappa shape index (κ1) is 9.48. The molecule has 1 N–H and O–H groups in total. The fourth-order valence-corrected chi connectivity index (χ4v) is 2.58. The molecular weight excluding hydrogens is 218 g/mol. The van der Waals surface area contributed by atoms with Gasteiger partial charge in [0.15, 0.2) is 5.78 Å². The fraction of sp³-hybridized carbons (Fsp3) is 0. The molecule has 0 spiro atoms. The van der Waals surface area contributed by atoms with Crippen LogP contribution >= 0.6 is 11.9 Å². The van der Waals surface area contributed by atoms with E-state index in [9.17, 15) is 4.79 Å². The van der Waals surface area contributed by atoms with Gasteiger partial charge in [-0.05, 0) is 36.2 Å². The van der Waals surface area contributed by atoms with Crippen molar-refractivity contribution in [2.24, 2.45) is 0 Å². The third-order valence-electron chi connectivity index (χ3n) is 2.57. The van der Waals surface area contributed by atoms with Gasteiger partial charge in [0.25, 0.3) is 0 Å². The van der Waals surface area contributed by atoms with E-state index in [4.69, 9.17) is 0 Å². The van der Waals surface area contributed by atoms with Gasteiger partial charge >= 0.3 is 0 Å². The lowest BCUT2D eigenvalue weighted by Crippen LogP contribution is -2.01. The molecule has 0 atom stereocenters. The zero-order chi connectivity index (χ0) is 11.0. The van der Waals surface area contributed by atoms with Gasteiger partial charge in [0.1, 0.15) is 0 Å². The van der Waals surface area contributed by atoms with Gasteiger partial charge in [0.05, 0.1) is 5.69 Å². The molecule has 0 amide bonds. The summed E-state index contributed by atoms with van der Waals surface area (Å²) in [6.07, 6.45) is 0. The van der Waals surface area contributed by atoms with Crippen LogP contribution in [-0.4, -0.2) is 5.78 Å². The topological polar surface area (TPSA) is 29.1 Å². The van der Waals surface area contributed by atoms with Crippen LogP contribution in [0.15, 0.2) is 53.4 Å². The highest BCUT2D eigenvalue weighted by molar-refractivity contribution is 8.00. The van der Waals surface area contributed by atoms with Crippen LogP contribution < -0.4 is 4.72 Å². The zero-order valence-electron chi connectivity index (χ0n) is 8.44. The molecule has 0 fully saturated rings. The molecule has 16 heavy (non-hydrogen) atoms. The van der Waals surface area contributed by atoms with E-state index in [-0.39, 0.29) is 5.78 Å². The van der Waals surface area contributed by atoms with Crippen LogP contribution in [0, 0.1) is 0 Å². The molecule has 0 unspecified atom stereocenters. The number of anilines is 1. The van der Waals surface area contributed by atoms with Crippen LogP contribution in [0.4, 0.5) is 5.69 Å². The van der Waals surface area contributed by atoms with Gasteiger partial charge in [0.2, 0.25) is 0 Å². The molecule has 0 radical (unpaired) electrons. The number of benzene rings is 2. The van der Waals surface area contributed by atoms with E-state index < -0.39 is 0 Å². The summed E-state index contributed by atoms with van der Waals surface area (Å²) in [6, 6.07) is 15.2. The molecule has 78 valence electrons. The van der Waals surface area contributed by atoms with Crippen LogP contribution in [0.3, 0.4) is 0 Å². The summed E-state index contributed by atoms with van der Waals surface area (Å²) < 4.78 is 3.21. The summed E-state index contributed by atoms with van der Waals surface area (Å²) in [4.78, 5) is 13.3. The SMILES string of the molecule is O=C1c2ccccc2NSc2ccccc21. The normalized spacial score (nSPS) is 13.4. The van der Waals surface area contributed by atoms with E-state index in [0.717, 1.165) is 21.7 Å². The van der Waals surface area contributed by atoms with Crippen molar-refractivity contribution >= 4 is 23.4 Å². The number of rotatable bonds is 0. The maximum absolute atomic E-state index is 12.3. The highest BCUT2D eigenvalue weighted by atomic mass is 32.2. The maximum atomic E-state index is 12.3. The Balaban J connectivity index is 2.22. The molecule has 2 aromatic rings. The summed E-state index contributed by atoms with van der Waals surface area (Å²) in [5, 5.41) is 0. The molecule has 3 rings (SSSR count). The van der Waals surface area contributed by atoms with Crippen molar-refractivity contribution < 1.29 is 4.79 Å². The van der Waals surface area contributed by atoms with Crippen LogP contribution in [0.2, 0.25) is 0 Å². The average Bonchev–Trinajstić information content (AvgIpc) is 2.49. The third-order valence-corrected chi connectivity index (χ3v) is 3.47. The first-order valence-corrected chi connectivity index (χ1v) is 5.83. The highest BCUT2D eigenvalue weighted by Gasteiger charge is 2.20. The zero-order valence-corrected chi connectivity index (χ0v) is 9.25. The molecule has 1 heterocycles. The molecule has 2 nitrogen and oxygen atoms in total. The van der Waals surface area contributed by atoms with E-state index in [1.807, 2.05) is 48.5 Å². The molecule has 1 aliphatic heterocycles. The van der Waals surface area contributed by atoms with Gasteiger partial charge in [-0.3, -0.25) is 4.79 Å². The lowest BCUT2D eigenvalue weighted by atomic mass is 10.0. The van der Waals surface area contributed by atoms with Crippen molar-refractivity contribution in [1.82, 2.24) is 0 Å². The first-order chi connectivity index (χ1) is 7.86. The fourth-order valence-electron chi connectivity index (χ4n) is 1.77. The smallest absolute Gasteiger partial charge is 0.196 e. The third kappa shape index (κ3) is 1.41. The molecule has 0 saturated carbocycles. The Morgan fingerprint density at radius 3 is 2.44 bits per heavy atom. The van der Waals surface area contributed by atoms with Crippen LogP contribution in [0.5, 0.6) is 0 Å². The Hall–Kier alpha value is -1.74. The largest absolute Gasteiger partial charge is 0.325 e. The maximum Gasteiger partial charge on any atom is 0.196 e. The van der Waals surface area contributed by atoms with Crippen molar-refractivity contribution in [3.63, 3.8) is 0 Å². The lowest BCUT2D eigenvalue weighted by Gasteiger charge is -2.03. The summed E-state index contributed by atoms with van der Waals surface area (Å²) in [5.74, 6) is 0.0868. The minimum absolute atomic E-state index is 0.0868.